The van der Waals surface area contributed by atoms with Crippen molar-refractivity contribution < 1.29 is 22.6 Å². The van der Waals surface area contributed by atoms with Gasteiger partial charge in [0.05, 0.1) is 12.1 Å². The maximum Gasteiger partial charge on any atom is 0.429 e. The average Bonchev–Trinajstić information content (AvgIpc) is 2.35. The minimum absolute atomic E-state index is 0.0452. The van der Waals surface area contributed by atoms with Crippen LogP contribution in [0.5, 0.6) is 11.5 Å². The second-order valence-electron chi connectivity index (χ2n) is 3.66. The van der Waals surface area contributed by atoms with Gasteiger partial charge in [-0.15, -0.1) is 0 Å². The molecule has 0 spiro atoms. The Kier molecular flexibility index (Phi) is 3.82. The van der Waals surface area contributed by atoms with Gasteiger partial charge in [-0.3, -0.25) is 0 Å². The largest absolute Gasteiger partial charge is 0.494 e. The van der Waals surface area contributed by atoms with Crippen molar-refractivity contribution in [1.82, 2.24) is 0 Å². The van der Waals surface area contributed by atoms with Gasteiger partial charge in [0.1, 0.15) is 15.8 Å². The van der Waals surface area contributed by atoms with E-state index in [2.05, 4.69) is 0 Å². The van der Waals surface area contributed by atoms with Gasteiger partial charge in [0.15, 0.2) is 5.75 Å². The average molecular weight is 334 g/mol. The third-order valence-corrected chi connectivity index (χ3v) is 3.67. The van der Waals surface area contributed by atoms with E-state index < -0.39 is 12.3 Å². The van der Waals surface area contributed by atoms with Crippen LogP contribution in [0, 0.1) is 0 Å². The standard InChI is InChI=1S/C11H6Cl3F3O2/c1-18-10-6(12)4-2-3-5(11(15,16)17)19-9(4)7(13)8(10)14/h2-3,5H,1H3. The predicted molar refractivity (Wildman–Crippen MR) is 67.5 cm³/mol. The van der Waals surface area contributed by atoms with Gasteiger partial charge in [-0.05, 0) is 12.2 Å². The summed E-state index contributed by atoms with van der Waals surface area (Å²) in [6, 6.07) is 0. The summed E-state index contributed by atoms with van der Waals surface area (Å²) in [5.74, 6) is -0.118. The van der Waals surface area contributed by atoms with E-state index in [0.717, 1.165) is 6.08 Å². The van der Waals surface area contributed by atoms with Crippen LogP contribution in [-0.4, -0.2) is 19.4 Å². The number of ether oxygens (including phenoxy) is 2. The van der Waals surface area contributed by atoms with Crippen LogP contribution >= 0.6 is 34.8 Å². The summed E-state index contributed by atoms with van der Waals surface area (Å²) in [6.07, 6.45) is -4.60. The van der Waals surface area contributed by atoms with E-state index in [1.807, 2.05) is 0 Å². The molecule has 8 heteroatoms. The molecular formula is C11H6Cl3F3O2. The van der Waals surface area contributed by atoms with Crippen LogP contribution in [0.15, 0.2) is 6.08 Å². The fourth-order valence-corrected chi connectivity index (χ4v) is 2.46. The highest BCUT2D eigenvalue weighted by Crippen LogP contribution is 2.50. The van der Waals surface area contributed by atoms with Crippen LogP contribution in [0.25, 0.3) is 6.08 Å². The number of fused-ring (bicyclic) bond motifs is 1. The minimum atomic E-state index is -4.55. The molecule has 0 amide bonds. The highest BCUT2D eigenvalue weighted by Gasteiger charge is 2.42. The summed E-state index contributed by atoms with van der Waals surface area (Å²) in [4.78, 5) is 0. The lowest BCUT2D eigenvalue weighted by atomic mass is 10.1. The number of hydrogen-bond donors (Lipinski definition) is 0. The Bertz CT molecular complexity index is 555. The molecule has 0 radical (unpaired) electrons. The summed E-state index contributed by atoms with van der Waals surface area (Å²) in [5.41, 5.74) is 0.202. The van der Waals surface area contributed by atoms with Gasteiger partial charge < -0.3 is 9.47 Å². The molecule has 2 nitrogen and oxygen atoms in total. The molecule has 1 aromatic rings. The van der Waals surface area contributed by atoms with E-state index in [-0.39, 0.29) is 32.1 Å². The monoisotopic (exact) mass is 332 g/mol. The molecule has 104 valence electrons. The van der Waals surface area contributed by atoms with E-state index >= 15 is 0 Å². The zero-order valence-electron chi connectivity index (χ0n) is 9.32. The molecule has 1 aliphatic heterocycles. The summed E-state index contributed by atoms with van der Waals surface area (Å²) < 4.78 is 47.6. The minimum Gasteiger partial charge on any atom is -0.494 e. The Labute approximate surface area is 121 Å². The zero-order chi connectivity index (χ0) is 14.4. The molecule has 0 saturated carbocycles. The Hall–Kier alpha value is -0.780. The van der Waals surface area contributed by atoms with Crippen molar-refractivity contribution in [2.45, 2.75) is 12.3 Å². The molecule has 19 heavy (non-hydrogen) atoms. The first kappa shape index (κ1) is 14.6. The van der Waals surface area contributed by atoms with Crippen LogP contribution in [0.1, 0.15) is 5.56 Å². The Morgan fingerprint density at radius 2 is 1.79 bits per heavy atom. The quantitative estimate of drug-likeness (QED) is 0.674. The van der Waals surface area contributed by atoms with E-state index in [4.69, 9.17) is 44.3 Å². The van der Waals surface area contributed by atoms with Crippen LogP contribution < -0.4 is 9.47 Å². The second-order valence-corrected chi connectivity index (χ2v) is 4.79. The fraction of sp³-hybridized carbons (Fsp3) is 0.273. The number of methoxy groups -OCH3 is 1. The van der Waals surface area contributed by atoms with Gasteiger partial charge >= 0.3 is 6.18 Å². The molecule has 1 unspecified atom stereocenters. The lowest BCUT2D eigenvalue weighted by Gasteiger charge is -2.26. The van der Waals surface area contributed by atoms with Crippen molar-refractivity contribution >= 4 is 40.9 Å². The van der Waals surface area contributed by atoms with E-state index in [9.17, 15) is 13.2 Å². The van der Waals surface area contributed by atoms with Gasteiger partial charge in [0.25, 0.3) is 0 Å². The van der Waals surface area contributed by atoms with Crippen LogP contribution in [-0.2, 0) is 0 Å². The highest BCUT2D eigenvalue weighted by atomic mass is 35.5. The van der Waals surface area contributed by atoms with Crippen molar-refractivity contribution in [3.63, 3.8) is 0 Å². The van der Waals surface area contributed by atoms with E-state index in [0.29, 0.717) is 0 Å². The van der Waals surface area contributed by atoms with Gasteiger partial charge in [-0.2, -0.15) is 13.2 Å². The van der Waals surface area contributed by atoms with Crippen molar-refractivity contribution in [2.75, 3.05) is 7.11 Å². The molecule has 0 saturated heterocycles. The predicted octanol–water partition coefficient (Wildman–Crippen LogP) is 4.99. The maximum atomic E-state index is 12.6. The summed E-state index contributed by atoms with van der Waals surface area (Å²) in [7, 11) is 1.32. The van der Waals surface area contributed by atoms with Crippen LogP contribution in [0.4, 0.5) is 13.2 Å². The second kappa shape index (κ2) is 4.96. The summed E-state index contributed by atoms with van der Waals surface area (Å²) in [5, 5.41) is -0.218. The first-order valence-electron chi connectivity index (χ1n) is 4.93. The van der Waals surface area contributed by atoms with Gasteiger partial charge in [-0.1, -0.05) is 34.8 Å². The third kappa shape index (κ3) is 2.47. The Morgan fingerprint density at radius 3 is 2.32 bits per heavy atom. The third-order valence-electron chi connectivity index (χ3n) is 2.48. The molecule has 1 heterocycles. The molecule has 2 rings (SSSR count). The molecule has 0 aromatic heterocycles. The molecule has 0 aliphatic carbocycles. The molecular weight excluding hydrogens is 327 g/mol. The number of rotatable bonds is 1. The van der Waals surface area contributed by atoms with Crippen molar-refractivity contribution in [2.24, 2.45) is 0 Å². The van der Waals surface area contributed by atoms with Gasteiger partial charge in [0, 0.05) is 5.56 Å². The van der Waals surface area contributed by atoms with Crippen LogP contribution in [0.2, 0.25) is 15.1 Å². The lowest BCUT2D eigenvalue weighted by Crippen LogP contribution is -2.34. The molecule has 0 fully saturated rings. The van der Waals surface area contributed by atoms with E-state index in [1.54, 1.807) is 0 Å². The number of halogens is 6. The molecule has 1 aromatic carbocycles. The lowest BCUT2D eigenvalue weighted by molar-refractivity contribution is -0.180. The van der Waals surface area contributed by atoms with Crippen LogP contribution in [0.3, 0.4) is 0 Å². The Morgan fingerprint density at radius 1 is 1.16 bits per heavy atom. The zero-order valence-corrected chi connectivity index (χ0v) is 11.6. The Balaban J connectivity index is 2.59. The number of alkyl halides is 3. The maximum absolute atomic E-state index is 12.6. The molecule has 1 atom stereocenters. The smallest absolute Gasteiger partial charge is 0.429 e. The molecule has 0 N–H and O–H groups in total. The van der Waals surface area contributed by atoms with Gasteiger partial charge in [0.2, 0.25) is 6.10 Å². The molecule has 0 bridgehead atoms. The first-order valence-corrected chi connectivity index (χ1v) is 6.06. The van der Waals surface area contributed by atoms with Crippen molar-refractivity contribution in [3.05, 3.63) is 26.7 Å². The van der Waals surface area contributed by atoms with E-state index in [1.165, 1.54) is 13.2 Å². The summed E-state index contributed by atoms with van der Waals surface area (Å²) in [6.45, 7) is 0. The first-order chi connectivity index (χ1) is 8.77. The highest BCUT2D eigenvalue weighted by molar-refractivity contribution is 6.46. The SMILES string of the molecule is COc1c(Cl)c(Cl)c2c(c1Cl)C=CC(C(F)(F)F)O2. The number of benzene rings is 1. The van der Waals surface area contributed by atoms with Gasteiger partial charge in [-0.25, -0.2) is 0 Å². The van der Waals surface area contributed by atoms with Crippen molar-refractivity contribution in [3.8, 4) is 11.5 Å². The number of hydrogen-bond acceptors (Lipinski definition) is 2. The fourth-order valence-electron chi connectivity index (χ4n) is 1.61. The normalized spacial score (nSPS) is 17.9. The molecule has 1 aliphatic rings. The summed E-state index contributed by atoms with van der Waals surface area (Å²) >= 11 is 17.7. The van der Waals surface area contributed by atoms with Crippen molar-refractivity contribution in [1.29, 1.82) is 0 Å². The topological polar surface area (TPSA) is 18.5 Å².